The standard InChI is InChI=1S/C14H12F6N4O/c1-24-7-8(6-22-24)5-21-12(25)23-11-3-9(13(15,16)17)2-10(4-11)14(18,19)20/h2-4,6-7H,5H2,1H3,(H2,21,23,25). The number of hydrogen-bond acceptors (Lipinski definition) is 2. The third kappa shape index (κ3) is 5.13. The van der Waals surface area contributed by atoms with Gasteiger partial charge in [-0.2, -0.15) is 31.4 Å². The van der Waals surface area contributed by atoms with Crippen LogP contribution in [0.4, 0.5) is 36.8 Å². The van der Waals surface area contributed by atoms with E-state index in [2.05, 4.69) is 10.4 Å². The number of carbonyl (C=O) groups is 1. The molecule has 2 amide bonds. The van der Waals surface area contributed by atoms with Gasteiger partial charge in [-0.15, -0.1) is 0 Å². The Hall–Kier alpha value is -2.72. The highest BCUT2D eigenvalue weighted by molar-refractivity contribution is 5.89. The first-order valence-corrected chi connectivity index (χ1v) is 6.77. The van der Waals surface area contributed by atoms with E-state index in [4.69, 9.17) is 0 Å². The van der Waals surface area contributed by atoms with Gasteiger partial charge in [0.25, 0.3) is 0 Å². The molecular weight excluding hydrogens is 354 g/mol. The Kier molecular flexibility index (Phi) is 4.95. The summed E-state index contributed by atoms with van der Waals surface area (Å²) in [5, 5.41) is 8.13. The molecule has 1 heterocycles. The maximum atomic E-state index is 12.7. The number of aryl methyl sites for hydroxylation is 1. The average Bonchev–Trinajstić information content (AvgIpc) is 2.89. The number of halogens is 6. The van der Waals surface area contributed by atoms with Crippen molar-refractivity contribution in [3.8, 4) is 0 Å². The van der Waals surface area contributed by atoms with Crippen LogP contribution in [0.15, 0.2) is 30.6 Å². The molecule has 0 saturated carbocycles. The fourth-order valence-electron chi connectivity index (χ4n) is 1.95. The van der Waals surface area contributed by atoms with E-state index >= 15 is 0 Å². The molecule has 25 heavy (non-hydrogen) atoms. The molecular formula is C14H12F6N4O. The number of nitrogens with one attached hydrogen (secondary N) is 2. The number of hydrogen-bond donors (Lipinski definition) is 2. The van der Waals surface area contributed by atoms with Gasteiger partial charge < -0.3 is 10.6 Å². The van der Waals surface area contributed by atoms with Gasteiger partial charge in [0.05, 0.1) is 17.3 Å². The Morgan fingerprint density at radius 2 is 1.64 bits per heavy atom. The summed E-state index contributed by atoms with van der Waals surface area (Å²) >= 11 is 0. The van der Waals surface area contributed by atoms with Crippen LogP contribution in [0.5, 0.6) is 0 Å². The fourth-order valence-corrected chi connectivity index (χ4v) is 1.95. The lowest BCUT2D eigenvalue weighted by atomic mass is 10.1. The van der Waals surface area contributed by atoms with Gasteiger partial charge in [-0.05, 0) is 18.2 Å². The number of benzene rings is 1. The van der Waals surface area contributed by atoms with Gasteiger partial charge in [-0.1, -0.05) is 0 Å². The lowest BCUT2D eigenvalue weighted by Gasteiger charge is -2.15. The molecule has 0 aliphatic rings. The Morgan fingerprint density at radius 1 is 1.08 bits per heavy atom. The molecule has 1 aromatic carbocycles. The summed E-state index contributed by atoms with van der Waals surface area (Å²) in [5.41, 5.74) is -3.03. The number of aromatic nitrogens is 2. The number of amides is 2. The van der Waals surface area contributed by atoms with Crippen LogP contribution in [0.25, 0.3) is 0 Å². The van der Waals surface area contributed by atoms with Crippen LogP contribution in [0.2, 0.25) is 0 Å². The van der Waals surface area contributed by atoms with Crippen molar-refractivity contribution in [2.45, 2.75) is 18.9 Å². The highest BCUT2D eigenvalue weighted by Crippen LogP contribution is 2.37. The van der Waals surface area contributed by atoms with Gasteiger partial charge in [0.1, 0.15) is 0 Å². The highest BCUT2D eigenvalue weighted by Gasteiger charge is 2.37. The van der Waals surface area contributed by atoms with Crippen molar-refractivity contribution in [3.63, 3.8) is 0 Å². The zero-order chi connectivity index (χ0) is 18.8. The number of nitrogens with zero attached hydrogens (tertiary/aromatic N) is 2. The van der Waals surface area contributed by atoms with E-state index in [9.17, 15) is 31.1 Å². The average molecular weight is 366 g/mol. The molecule has 5 nitrogen and oxygen atoms in total. The van der Waals surface area contributed by atoms with Crippen molar-refractivity contribution in [1.29, 1.82) is 0 Å². The van der Waals surface area contributed by atoms with Crippen molar-refractivity contribution in [2.75, 3.05) is 5.32 Å². The Balaban J connectivity index is 2.15. The van der Waals surface area contributed by atoms with Crippen LogP contribution in [-0.4, -0.2) is 15.8 Å². The van der Waals surface area contributed by atoms with Gasteiger partial charge in [-0.25, -0.2) is 4.79 Å². The van der Waals surface area contributed by atoms with E-state index < -0.39 is 35.2 Å². The first-order chi connectivity index (χ1) is 11.4. The third-order valence-corrected chi connectivity index (χ3v) is 3.06. The van der Waals surface area contributed by atoms with Gasteiger partial charge in [-0.3, -0.25) is 4.68 Å². The molecule has 1 aromatic heterocycles. The second kappa shape index (κ2) is 6.65. The summed E-state index contributed by atoms with van der Waals surface area (Å²) in [6, 6.07) is -0.104. The molecule has 0 spiro atoms. The van der Waals surface area contributed by atoms with Gasteiger partial charge >= 0.3 is 18.4 Å². The predicted molar refractivity (Wildman–Crippen MR) is 75.5 cm³/mol. The molecule has 0 fully saturated rings. The molecule has 0 atom stereocenters. The highest BCUT2D eigenvalue weighted by atomic mass is 19.4. The third-order valence-electron chi connectivity index (χ3n) is 3.06. The molecule has 136 valence electrons. The van der Waals surface area contributed by atoms with Crippen molar-refractivity contribution < 1.29 is 31.1 Å². The first kappa shape index (κ1) is 18.6. The van der Waals surface area contributed by atoms with Crippen LogP contribution in [0, 0.1) is 0 Å². The van der Waals surface area contributed by atoms with Gasteiger partial charge in [0.15, 0.2) is 0 Å². The molecule has 0 unspecified atom stereocenters. The van der Waals surface area contributed by atoms with E-state index in [1.54, 1.807) is 13.2 Å². The maximum Gasteiger partial charge on any atom is 0.416 e. The first-order valence-electron chi connectivity index (χ1n) is 6.77. The number of rotatable bonds is 3. The molecule has 2 aromatic rings. The van der Waals surface area contributed by atoms with Gasteiger partial charge in [0, 0.05) is 31.0 Å². The zero-order valence-electron chi connectivity index (χ0n) is 12.7. The largest absolute Gasteiger partial charge is 0.416 e. The minimum absolute atomic E-state index is 0.00473. The minimum atomic E-state index is -4.98. The summed E-state index contributed by atoms with van der Waals surface area (Å²) in [7, 11) is 1.64. The minimum Gasteiger partial charge on any atom is -0.334 e. The van der Waals surface area contributed by atoms with E-state index in [0.29, 0.717) is 17.7 Å². The molecule has 2 N–H and O–H groups in total. The normalized spacial score (nSPS) is 12.1. The Bertz CT molecular complexity index is 733. The molecule has 11 heteroatoms. The quantitative estimate of drug-likeness (QED) is 0.813. The molecule has 0 aliphatic carbocycles. The van der Waals surface area contributed by atoms with E-state index in [-0.39, 0.29) is 12.6 Å². The Morgan fingerprint density at radius 3 is 2.08 bits per heavy atom. The van der Waals surface area contributed by atoms with Crippen LogP contribution in [-0.2, 0) is 25.9 Å². The van der Waals surface area contributed by atoms with Crippen LogP contribution in [0.3, 0.4) is 0 Å². The second-order valence-corrected chi connectivity index (χ2v) is 5.12. The Labute approximate surface area is 137 Å². The molecule has 0 saturated heterocycles. The van der Waals surface area contributed by atoms with Crippen LogP contribution in [0.1, 0.15) is 16.7 Å². The van der Waals surface area contributed by atoms with Crippen molar-refractivity contribution >= 4 is 11.7 Å². The number of urea groups is 1. The lowest BCUT2D eigenvalue weighted by Crippen LogP contribution is -2.28. The lowest BCUT2D eigenvalue weighted by molar-refractivity contribution is -0.143. The zero-order valence-corrected chi connectivity index (χ0v) is 12.7. The molecule has 0 aliphatic heterocycles. The predicted octanol–water partition coefficient (Wildman–Crippen LogP) is 3.78. The fraction of sp³-hybridized carbons (Fsp3) is 0.286. The SMILES string of the molecule is Cn1cc(CNC(=O)Nc2cc(C(F)(F)F)cc(C(F)(F)F)c2)cn1. The second-order valence-electron chi connectivity index (χ2n) is 5.12. The van der Waals surface area contributed by atoms with E-state index in [0.717, 1.165) is 0 Å². The summed E-state index contributed by atoms with van der Waals surface area (Å²) in [6.45, 7) is 0.00473. The van der Waals surface area contributed by atoms with Crippen LogP contribution >= 0.6 is 0 Å². The van der Waals surface area contributed by atoms with Crippen LogP contribution < -0.4 is 10.6 Å². The smallest absolute Gasteiger partial charge is 0.334 e. The van der Waals surface area contributed by atoms with Crippen molar-refractivity contribution in [3.05, 3.63) is 47.3 Å². The molecule has 0 radical (unpaired) electrons. The summed E-state index contributed by atoms with van der Waals surface area (Å²) in [4.78, 5) is 11.7. The van der Waals surface area contributed by atoms with E-state index in [1.165, 1.54) is 10.9 Å². The summed E-state index contributed by atoms with van der Waals surface area (Å²) in [5.74, 6) is 0. The van der Waals surface area contributed by atoms with E-state index in [1.807, 2.05) is 5.32 Å². The van der Waals surface area contributed by atoms with Crippen molar-refractivity contribution in [1.82, 2.24) is 15.1 Å². The molecule has 2 rings (SSSR count). The number of alkyl halides is 6. The topological polar surface area (TPSA) is 59.0 Å². The summed E-state index contributed by atoms with van der Waals surface area (Å²) in [6.07, 6.45) is -6.92. The molecule has 0 bridgehead atoms. The van der Waals surface area contributed by atoms with Crippen molar-refractivity contribution in [2.24, 2.45) is 7.05 Å². The van der Waals surface area contributed by atoms with Gasteiger partial charge in [0.2, 0.25) is 0 Å². The monoisotopic (exact) mass is 366 g/mol. The number of carbonyl (C=O) groups excluding carboxylic acids is 1. The summed E-state index contributed by atoms with van der Waals surface area (Å²) < 4.78 is 77.9. The number of anilines is 1. The maximum absolute atomic E-state index is 12.7.